The Bertz CT molecular complexity index is 850. The Balaban J connectivity index is 1.59. The summed E-state index contributed by atoms with van der Waals surface area (Å²) < 4.78 is 12.0. The molecule has 0 bridgehead atoms. The lowest BCUT2D eigenvalue weighted by Crippen LogP contribution is -2.34. The normalized spacial score (nSPS) is 10.5. The first-order valence-electron chi connectivity index (χ1n) is 8.20. The van der Waals surface area contributed by atoms with E-state index in [0.29, 0.717) is 24.0 Å². The Morgan fingerprint density at radius 1 is 1.15 bits per heavy atom. The van der Waals surface area contributed by atoms with Gasteiger partial charge in [0.15, 0.2) is 6.61 Å². The average Bonchev–Trinajstić information content (AvgIpc) is 3.15. The second kappa shape index (κ2) is 8.79. The second-order valence-corrected chi connectivity index (χ2v) is 6.77. The first-order chi connectivity index (χ1) is 12.7. The molecule has 0 aliphatic carbocycles. The van der Waals surface area contributed by atoms with Gasteiger partial charge >= 0.3 is 0 Å². The lowest BCUT2D eigenvalue weighted by atomic mass is 10.2. The summed E-state index contributed by atoms with van der Waals surface area (Å²) >= 11 is 2.22. The fraction of sp³-hybridized carbons (Fsp3) is 0.211. The van der Waals surface area contributed by atoms with Crippen LogP contribution in [0.15, 0.2) is 59.1 Å². The summed E-state index contributed by atoms with van der Waals surface area (Å²) in [5.41, 5.74) is 0.874. The van der Waals surface area contributed by atoms with E-state index in [2.05, 4.69) is 32.7 Å². The van der Waals surface area contributed by atoms with E-state index in [0.717, 1.165) is 9.13 Å². The Labute approximate surface area is 165 Å². The van der Waals surface area contributed by atoms with Gasteiger partial charge in [-0.05, 0) is 53.8 Å². The van der Waals surface area contributed by atoms with E-state index < -0.39 is 0 Å². The van der Waals surface area contributed by atoms with E-state index in [1.54, 1.807) is 4.90 Å². The average molecular weight is 463 g/mol. The number of rotatable bonds is 7. The molecule has 2 aromatic carbocycles. The maximum atomic E-state index is 12.4. The van der Waals surface area contributed by atoms with E-state index in [1.807, 2.05) is 61.5 Å². The third-order valence-corrected chi connectivity index (χ3v) is 4.46. The van der Waals surface area contributed by atoms with Crippen LogP contribution in [0.1, 0.15) is 12.8 Å². The molecule has 1 heterocycles. The lowest BCUT2D eigenvalue weighted by molar-refractivity contribution is -0.134. The SMILES string of the molecule is CCN(Cc1nc(-c2ccccc2)no1)C(=O)COc1ccc(I)cc1. The van der Waals surface area contributed by atoms with Crippen LogP contribution in [0.3, 0.4) is 0 Å². The Morgan fingerprint density at radius 2 is 1.88 bits per heavy atom. The van der Waals surface area contributed by atoms with Crippen molar-refractivity contribution in [2.75, 3.05) is 13.2 Å². The number of nitrogens with zero attached hydrogens (tertiary/aromatic N) is 3. The molecule has 0 unspecified atom stereocenters. The summed E-state index contributed by atoms with van der Waals surface area (Å²) in [7, 11) is 0. The maximum Gasteiger partial charge on any atom is 0.260 e. The highest BCUT2D eigenvalue weighted by Gasteiger charge is 2.17. The van der Waals surface area contributed by atoms with Gasteiger partial charge in [0.1, 0.15) is 12.3 Å². The van der Waals surface area contributed by atoms with Crippen LogP contribution in [0.4, 0.5) is 0 Å². The van der Waals surface area contributed by atoms with Crippen molar-refractivity contribution in [2.24, 2.45) is 0 Å². The van der Waals surface area contributed by atoms with Crippen LogP contribution in [0.2, 0.25) is 0 Å². The first kappa shape index (κ1) is 18.4. The number of benzene rings is 2. The van der Waals surface area contributed by atoms with Crippen molar-refractivity contribution in [3.63, 3.8) is 0 Å². The zero-order valence-corrected chi connectivity index (χ0v) is 16.4. The molecule has 1 aromatic heterocycles. The number of carbonyl (C=O) groups excluding carboxylic acids is 1. The van der Waals surface area contributed by atoms with Crippen LogP contribution in [0, 0.1) is 3.57 Å². The van der Waals surface area contributed by atoms with Crippen LogP contribution in [-0.2, 0) is 11.3 Å². The van der Waals surface area contributed by atoms with Gasteiger partial charge in [-0.2, -0.15) is 4.98 Å². The van der Waals surface area contributed by atoms with Crippen molar-refractivity contribution in [2.45, 2.75) is 13.5 Å². The second-order valence-electron chi connectivity index (χ2n) is 5.53. The monoisotopic (exact) mass is 463 g/mol. The number of carbonyl (C=O) groups is 1. The quantitative estimate of drug-likeness (QED) is 0.500. The van der Waals surface area contributed by atoms with E-state index >= 15 is 0 Å². The third kappa shape index (κ3) is 4.81. The standard InChI is InChI=1S/C19H18IN3O3/c1-2-23(18(24)13-25-16-10-8-15(20)9-11-16)12-17-21-19(22-26-17)14-6-4-3-5-7-14/h3-11H,2,12-13H2,1H3. The highest BCUT2D eigenvalue weighted by atomic mass is 127. The van der Waals surface area contributed by atoms with Crippen LogP contribution >= 0.6 is 22.6 Å². The van der Waals surface area contributed by atoms with E-state index in [-0.39, 0.29) is 19.1 Å². The molecule has 0 fully saturated rings. The lowest BCUT2D eigenvalue weighted by Gasteiger charge is -2.18. The highest BCUT2D eigenvalue weighted by Crippen LogP contribution is 2.16. The molecule has 1 amide bonds. The van der Waals surface area contributed by atoms with Crippen molar-refractivity contribution in [1.82, 2.24) is 15.0 Å². The molecule has 0 spiro atoms. The minimum atomic E-state index is -0.134. The van der Waals surface area contributed by atoms with Gasteiger partial charge < -0.3 is 14.2 Å². The molecule has 0 atom stereocenters. The summed E-state index contributed by atoms with van der Waals surface area (Å²) in [6.07, 6.45) is 0. The fourth-order valence-electron chi connectivity index (χ4n) is 2.33. The van der Waals surface area contributed by atoms with Crippen LogP contribution in [0.25, 0.3) is 11.4 Å². The van der Waals surface area contributed by atoms with Gasteiger partial charge in [0.25, 0.3) is 5.91 Å². The topological polar surface area (TPSA) is 68.5 Å². The zero-order valence-electron chi connectivity index (χ0n) is 14.3. The van der Waals surface area contributed by atoms with Gasteiger partial charge in [-0.15, -0.1) is 0 Å². The molecule has 0 aliphatic rings. The zero-order chi connectivity index (χ0) is 18.4. The van der Waals surface area contributed by atoms with Crippen molar-refractivity contribution in [3.8, 4) is 17.1 Å². The highest BCUT2D eigenvalue weighted by molar-refractivity contribution is 14.1. The van der Waals surface area contributed by atoms with E-state index in [4.69, 9.17) is 9.26 Å². The Kier molecular flexibility index (Phi) is 6.21. The molecule has 134 valence electrons. The third-order valence-electron chi connectivity index (χ3n) is 3.74. The number of hydrogen-bond donors (Lipinski definition) is 0. The van der Waals surface area contributed by atoms with Crippen LogP contribution in [-0.4, -0.2) is 34.1 Å². The number of hydrogen-bond acceptors (Lipinski definition) is 5. The van der Waals surface area contributed by atoms with Gasteiger partial charge in [0, 0.05) is 15.7 Å². The number of ether oxygens (including phenoxy) is 1. The van der Waals surface area contributed by atoms with Gasteiger partial charge in [-0.25, -0.2) is 0 Å². The molecular formula is C19H18IN3O3. The summed E-state index contributed by atoms with van der Waals surface area (Å²) in [6, 6.07) is 17.1. The molecule has 0 saturated carbocycles. The van der Waals surface area contributed by atoms with Crippen LogP contribution < -0.4 is 4.74 Å². The number of amides is 1. The first-order valence-corrected chi connectivity index (χ1v) is 9.27. The fourth-order valence-corrected chi connectivity index (χ4v) is 2.69. The van der Waals surface area contributed by atoms with Crippen molar-refractivity contribution >= 4 is 28.5 Å². The molecule has 6 nitrogen and oxygen atoms in total. The predicted molar refractivity (Wildman–Crippen MR) is 105 cm³/mol. The van der Waals surface area contributed by atoms with Gasteiger partial charge in [0.2, 0.25) is 11.7 Å². The van der Waals surface area contributed by atoms with Crippen molar-refractivity contribution in [3.05, 3.63) is 64.1 Å². The molecule has 0 saturated heterocycles. The number of aromatic nitrogens is 2. The van der Waals surface area contributed by atoms with Crippen LogP contribution in [0.5, 0.6) is 5.75 Å². The van der Waals surface area contributed by atoms with Gasteiger partial charge in [-0.3, -0.25) is 4.79 Å². The molecule has 0 N–H and O–H groups in total. The largest absolute Gasteiger partial charge is 0.484 e. The van der Waals surface area contributed by atoms with E-state index in [9.17, 15) is 4.79 Å². The Hall–Kier alpha value is -2.42. The number of halogens is 1. The Morgan fingerprint density at radius 3 is 2.58 bits per heavy atom. The smallest absolute Gasteiger partial charge is 0.260 e. The maximum absolute atomic E-state index is 12.4. The molecular weight excluding hydrogens is 445 g/mol. The van der Waals surface area contributed by atoms with Gasteiger partial charge in [0.05, 0.1) is 0 Å². The van der Waals surface area contributed by atoms with Crippen molar-refractivity contribution in [1.29, 1.82) is 0 Å². The van der Waals surface area contributed by atoms with E-state index in [1.165, 1.54) is 0 Å². The predicted octanol–water partition coefficient (Wildman–Crippen LogP) is 3.77. The summed E-state index contributed by atoms with van der Waals surface area (Å²) in [4.78, 5) is 18.4. The summed E-state index contributed by atoms with van der Waals surface area (Å²) in [5.74, 6) is 1.44. The molecule has 3 aromatic rings. The molecule has 3 rings (SSSR count). The minimum Gasteiger partial charge on any atom is -0.484 e. The number of likely N-dealkylation sites (N-methyl/N-ethyl adjacent to an activating group) is 1. The summed E-state index contributed by atoms with van der Waals surface area (Å²) in [6.45, 7) is 2.65. The van der Waals surface area contributed by atoms with Crippen molar-refractivity contribution < 1.29 is 14.1 Å². The molecule has 0 aliphatic heterocycles. The molecule has 26 heavy (non-hydrogen) atoms. The minimum absolute atomic E-state index is 0.0336. The molecule has 0 radical (unpaired) electrons. The molecule has 7 heteroatoms. The van der Waals surface area contributed by atoms with Gasteiger partial charge in [-0.1, -0.05) is 35.5 Å². The summed E-state index contributed by atoms with van der Waals surface area (Å²) in [5, 5.41) is 3.98.